The van der Waals surface area contributed by atoms with Crippen LogP contribution in [0.5, 0.6) is 0 Å². The molecule has 0 aromatic heterocycles. The fourth-order valence-corrected chi connectivity index (χ4v) is 5.03. The van der Waals surface area contributed by atoms with Crippen molar-refractivity contribution in [3.05, 3.63) is 59.7 Å². The van der Waals surface area contributed by atoms with Crippen LogP contribution in [-0.2, 0) is 0 Å². The molecule has 2 aliphatic rings. The molecule has 4 heteroatoms. The third kappa shape index (κ3) is 2.92. The maximum absolute atomic E-state index is 9.20. The summed E-state index contributed by atoms with van der Waals surface area (Å²) >= 11 is 0. The molecule has 4 rings (SSSR count). The second-order valence-electron chi connectivity index (χ2n) is 8.11. The van der Waals surface area contributed by atoms with Crippen LogP contribution in [-0.4, -0.2) is 31.1 Å². The van der Waals surface area contributed by atoms with E-state index in [1.54, 1.807) is 0 Å². The number of amidine groups is 1. The van der Waals surface area contributed by atoms with Crippen molar-refractivity contribution in [3.63, 3.8) is 0 Å². The SMILES string of the molecule is CC1C[C@]2(C)C(=NCCCO)Nc3ccccc3[C@@H]2N(C)c2ccccc21. The van der Waals surface area contributed by atoms with E-state index in [0.717, 1.165) is 17.9 Å². The lowest BCUT2D eigenvalue weighted by Crippen LogP contribution is -2.48. The monoisotopic (exact) mass is 363 g/mol. The molecule has 3 atom stereocenters. The van der Waals surface area contributed by atoms with E-state index in [4.69, 9.17) is 4.99 Å². The average Bonchev–Trinajstić information content (AvgIpc) is 2.76. The number of anilines is 2. The molecule has 2 aromatic carbocycles. The lowest BCUT2D eigenvalue weighted by atomic mass is 9.69. The normalized spacial score (nSPS) is 28.0. The Kier molecular flexibility index (Phi) is 4.68. The molecular formula is C23H29N3O. The van der Waals surface area contributed by atoms with Crippen LogP contribution in [0.15, 0.2) is 53.5 Å². The summed E-state index contributed by atoms with van der Waals surface area (Å²) in [4.78, 5) is 7.36. The Balaban J connectivity index is 1.90. The number of benzene rings is 2. The molecule has 4 nitrogen and oxygen atoms in total. The molecule has 0 saturated carbocycles. The van der Waals surface area contributed by atoms with Gasteiger partial charge in [0, 0.05) is 31.6 Å². The Hall–Kier alpha value is -2.33. The van der Waals surface area contributed by atoms with Gasteiger partial charge in [-0.15, -0.1) is 0 Å². The highest BCUT2D eigenvalue weighted by molar-refractivity contribution is 6.04. The summed E-state index contributed by atoms with van der Waals surface area (Å²) < 4.78 is 0. The van der Waals surface area contributed by atoms with Gasteiger partial charge in [0.25, 0.3) is 0 Å². The minimum absolute atomic E-state index is 0.128. The van der Waals surface area contributed by atoms with Gasteiger partial charge < -0.3 is 15.3 Å². The van der Waals surface area contributed by atoms with Crippen LogP contribution in [0.4, 0.5) is 11.4 Å². The van der Waals surface area contributed by atoms with Crippen molar-refractivity contribution in [1.29, 1.82) is 0 Å². The topological polar surface area (TPSA) is 47.9 Å². The lowest BCUT2D eigenvalue weighted by Gasteiger charge is -2.47. The smallest absolute Gasteiger partial charge is 0.109 e. The maximum atomic E-state index is 9.20. The van der Waals surface area contributed by atoms with Crippen LogP contribution in [0.25, 0.3) is 0 Å². The molecule has 2 heterocycles. The van der Waals surface area contributed by atoms with Crippen LogP contribution >= 0.6 is 0 Å². The van der Waals surface area contributed by atoms with Crippen LogP contribution in [0.3, 0.4) is 0 Å². The summed E-state index contributed by atoms with van der Waals surface area (Å²) in [6, 6.07) is 17.6. The zero-order valence-corrected chi connectivity index (χ0v) is 16.4. The lowest BCUT2D eigenvalue weighted by molar-refractivity contribution is 0.290. The summed E-state index contributed by atoms with van der Waals surface area (Å²) in [5.41, 5.74) is 5.05. The Bertz CT molecular complexity index is 862. The van der Waals surface area contributed by atoms with E-state index < -0.39 is 0 Å². The van der Waals surface area contributed by atoms with Gasteiger partial charge in [0.1, 0.15) is 5.84 Å². The number of nitrogens with one attached hydrogen (secondary N) is 1. The first-order chi connectivity index (χ1) is 13.1. The average molecular weight is 364 g/mol. The largest absolute Gasteiger partial charge is 0.396 e. The summed E-state index contributed by atoms with van der Waals surface area (Å²) in [6.07, 6.45) is 1.72. The number of rotatable bonds is 3. The van der Waals surface area contributed by atoms with Crippen molar-refractivity contribution in [3.8, 4) is 0 Å². The van der Waals surface area contributed by atoms with Crippen LogP contribution in [0.2, 0.25) is 0 Å². The Morgan fingerprint density at radius 3 is 2.63 bits per heavy atom. The van der Waals surface area contributed by atoms with Gasteiger partial charge in [-0.3, -0.25) is 4.99 Å². The molecule has 0 fully saturated rings. The molecule has 27 heavy (non-hydrogen) atoms. The summed E-state index contributed by atoms with van der Waals surface area (Å²) in [5.74, 6) is 1.49. The van der Waals surface area contributed by atoms with Gasteiger partial charge in [0.2, 0.25) is 0 Å². The first-order valence-corrected chi connectivity index (χ1v) is 9.89. The first kappa shape index (κ1) is 18.1. The Morgan fingerprint density at radius 2 is 1.85 bits per heavy atom. The highest BCUT2D eigenvalue weighted by Gasteiger charge is 2.49. The molecule has 0 radical (unpaired) electrons. The number of aliphatic imine (C=N–C) groups is 1. The van der Waals surface area contributed by atoms with E-state index in [2.05, 4.69) is 79.6 Å². The fourth-order valence-electron chi connectivity index (χ4n) is 5.03. The summed E-state index contributed by atoms with van der Waals surface area (Å²) in [5, 5.41) is 12.8. The maximum Gasteiger partial charge on any atom is 0.109 e. The van der Waals surface area contributed by atoms with E-state index in [9.17, 15) is 5.11 Å². The number of nitrogens with zero attached hydrogens (tertiary/aromatic N) is 2. The summed E-state index contributed by atoms with van der Waals surface area (Å²) in [7, 11) is 2.22. The predicted molar refractivity (Wildman–Crippen MR) is 113 cm³/mol. The van der Waals surface area contributed by atoms with Crippen LogP contribution < -0.4 is 10.2 Å². The minimum atomic E-state index is -0.128. The molecule has 0 saturated heterocycles. The van der Waals surface area contributed by atoms with Crippen molar-refractivity contribution in [1.82, 2.24) is 0 Å². The zero-order valence-electron chi connectivity index (χ0n) is 16.4. The van der Waals surface area contributed by atoms with Gasteiger partial charge in [-0.2, -0.15) is 0 Å². The summed E-state index contributed by atoms with van der Waals surface area (Å²) in [6.45, 7) is 5.49. The highest BCUT2D eigenvalue weighted by Crippen LogP contribution is 2.55. The van der Waals surface area contributed by atoms with Gasteiger partial charge in [0.05, 0.1) is 11.5 Å². The standard InChI is InChI=1S/C23H29N3O/c1-16-15-23(2)21(26(3)20-12-7-5-9-17(16)20)18-10-4-6-11-19(18)25-22(23)24-13-8-14-27/h4-7,9-12,16,21,27H,8,13-15H2,1-3H3,(H,24,25)/t16?,21-,23-/m0/s1. The van der Waals surface area contributed by atoms with E-state index in [1.807, 2.05) is 0 Å². The number of hydrogen-bond acceptors (Lipinski definition) is 3. The second kappa shape index (κ2) is 7.01. The quantitative estimate of drug-likeness (QED) is 0.785. The van der Waals surface area contributed by atoms with Gasteiger partial charge in [-0.05, 0) is 42.0 Å². The van der Waals surface area contributed by atoms with Crippen molar-refractivity contribution in [2.24, 2.45) is 10.4 Å². The zero-order chi connectivity index (χ0) is 19.0. The molecule has 2 N–H and O–H groups in total. The van der Waals surface area contributed by atoms with Gasteiger partial charge >= 0.3 is 0 Å². The molecular weight excluding hydrogens is 334 g/mol. The van der Waals surface area contributed by atoms with E-state index in [0.29, 0.717) is 18.9 Å². The van der Waals surface area contributed by atoms with Gasteiger partial charge in [-0.1, -0.05) is 50.2 Å². The number of para-hydroxylation sites is 2. The first-order valence-electron chi connectivity index (χ1n) is 9.89. The van der Waals surface area contributed by atoms with Crippen molar-refractivity contribution < 1.29 is 5.11 Å². The number of fused-ring (bicyclic) bond motifs is 4. The highest BCUT2D eigenvalue weighted by atomic mass is 16.3. The molecule has 0 amide bonds. The third-order valence-electron chi connectivity index (χ3n) is 6.20. The molecule has 2 aliphatic heterocycles. The Morgan fingerprint density at radius 1 is 1.15 bits per heavy atom. The second-order valence-corrected chi connectivity index (χ2v) is 8.11. The Labute approximate surface area is 161 Å². The molecule has 0 aliphatic carbocycles. The van der Waals surface area contributed by atoms with Crippen molar-refractivity contribution in [2.75, 3.05) is 30.4 Å². The van der Waals surface area contributed by atoms with E-state index >= 15 is 0 Å². The van der Waals surface area contributed by atoms with E-state index in [-0.39, 0.29) is 18.1 Å². The molecule has 2 aromatic rings. The third-order valence-corrected chi connectivity index (χ3v) is 6.20. The van der Waals surface area contributed by atoms with Gasteiger partial charge in [-0.25, -0.2) is 0 Å². The van der Waals surface area contributed by atoms with Crippen molar-refractivity contribution >= 4 is 17.2 Å². The molecule has 142 valence electrons. The van der Waals surface area contributed by atoms with Gasteiger partial charge in [0.15, 0.2) is 0 Å². The predicted octanol–water partition coefficient (Wildman–Crippen LogP) is 4.58. The molecule has 0 bridgehead atoms. The van der Waals surface area contributed by atoms with Crippen molar-refractivity contribution in [2.45, 2.75) is 38.6 Å². The fraction of sp³-hybridized carbons (Fsp3) is 0.435. The van der Waals surface area contributed by atoms with Crippen LogP contribution in [0, 0.1) is 5.41 Å². The molecule has 0 spiro atoms. The number of hydrogen-bond donors (Lipinski definition) is 2. The number of aliphatic hydroxyl groups excluding tert-OH is 1. The number of aliphatic hydroxyl groups is 1. The minimum Gasteiger partial charge on any atom is -0.396 e. The molecule has 1 unspecified atom stereocenters. The van der Waals surface area contributed by atoms with Crippen LogP contribution in [0.1, 0.15) is 49.8 Å². The van der Waals surface area contributed by atoms with E-state index in [1.165, 1.54) is 16.8 Å².